The summed E-state index contributed by atoms with van der Waals surface area (Å²) in [6.45, 7) is 9.19. The number of hydrogen-bond donors (Lipinski definition) is 1. The summed E-state index contributed by atoms with van der Waals surface area (Å²) >= 11 is 0. The maximum Gasteiger partial charge on any atom is 0.155 e. The summed E-state index contributed by atoms with van der Waals surface area (Å²) in [5.74, 6) is 3.05. The predicted molar refractivity (Wildman–Crippen MR) is 89.3 cm³/mol. The van der Waals surface area contributed by atoms with Crippen LogP contribution in [0.15, 0.2) is 0 Å². The molecule has 21 heavy (non-hydrogen) atoms. The fraction of sp³-hybridized carbons (Fsp3) is 0.947. The molecule has 2 nitrogen and oxygen atoms in total. The van der Waals surface area contributed by atoms with Gasteiger partial charge in [0.05, 0.1) is 6.04 Å². The van der Waals surface area contributed by atoms with Crippen LogP contribution in [0.1, 0.15) is 79.1 Å². The van der Waals surface area contributed by atoms with Gasteiger partial charge in [-0.05, 0) is 37.1 Å². The molecule has 4 atom stereocenters. The van der Waals surface area contributed by atoms with Gasteiger partial charge >= 0.3 is 0 Å². The van der Waals surface area contributed by atoms with Crippen LogP contribution in [0.5, 0.6) is 0 Å². The third-order valence-electron chi connectivity index (χ3n) is 5.77. The number of nitrogens with one attached hydrogen (secondary N) is 1. The Labute approximate surface area is 131 Å². The summed E-state index contributed by atoms with van der Waals surface area (Å²) in [6.07, 6.45) is 11.0. The van der Waals surface area contributed by atoms with Gasteiger partial charge in [-0.3, -0.25) is 4.79 Å². The van der Waals surface area contributed by atoms with Crippen molar-refractivity contribution >= 4 is 5.78 Å². The Morgan fingerprint density at radius 3 is 2.43 bits per heavy atom. The van der Waals surface area contributed by atoms with Crippen molar-refractivity contribution in [2.45, 2.75) is 85.1 Å². The summed E-state index contributed by atoms with van der Waals surface area (Å²) in [7, 11) is 0. The molecule has 0 spiro atoms. The molecule has 0 bridgehead atoms. The summed E-state index contributed by atoms with van der Waals surface area (Å²) in [4.78, 5) is 12.7. The molecule has 2 fully saturated rings. The second-order valence-corrected chi connectivity index (χ2v) is 8.36. The quantitative estimate of drug-likeness (QED) is 0.804. The number of ketones is 1. The van der Waals surface area contributed by atoms with Gasteiger partial charge in [-0.1, -0.05) is 66.2 Å². The molecule has 0 aromatic heterocycles. The van der Waals surface area contributed by atoms with E-state index in [0.717, 1.165) is 30.7 Å². The van der Waals surface area contributed by atoms with E-state index in [1.54, 1.807) is 0 Å². The van der Waals surface area contributed by atoms with Crippen LogP contribution >= 0.6 is 0 Å². The SMILES string of the molecule is CCNC(CC1CCCC2CCCCC21)C(=O)C(C)(C)C. The highest BCUT2D eigenvalue weighted by atomic mass is 16.1. The van der Waals surface area contributed by atoms with E-state index in [9.17, 15) is 4.79 Å². The fourth-order valence-corrected chi connectivity index (χ4v) is 4.72. The minimum Gasteiger partial charge on any atom is -0.308 e. The molecule has 0 aliphatic heterocycles. The number of carbonyl (C=O) groups excluding carboxylic acids is 1. The van der Waals surface area contributed by atoms with Gasteiger partial charge in [0.2, 0.25) is 0 Å². The number of hydrogen-bond acceptors (Lipinski definition) is 2. The van der Waals surface area contributed by atoms with E-state index in [0.29, 0.717) is 5.78 Å². The zero-order valence-electron chi connectivity index (χ0n) is 14.6. The zero-order valence-corrected chi connectivity index (χ0v) is 14.6. The van der Waals surface area contributed by atoms with Crippen LogP contribution in [0.2, 0.25) is 0 Å². The first-order chi connectivity index (χ1) is 9.93. The fourth-order valence-electron chi connectivity index (χ4n) is 4.72. The van der Waals surface area contributed by atoms with Crippen molar-refractivity contribution in [3.05, 3.63) is 0 Å². The number of rotatable bonds is 5. The first-order valence-corrected chi connectivity index (χ1v) is 9.21. The molecule has 2 aliphatic carbocycles. The summed E-state index contributed by atoms with van der Waals surface area (Å²) in [5.41, 5.74) is -0.229. The largest absolute Gasteiger partial charge is 0.308 e. The average molecular weight is 293 g/mol. The van der Waals surface area contributed by atoms with Crippen LogP contribution in [0.4, 0.5) is 0 Å². The van der Waals surface area contributed by atoms with Gasteiger partial charge in [-0.25, -0.2) is 0 Å². The molecule has 4 unspecified atom stereocenters. The van der Waals surface area contributed by atoms with Crippen LogP contribution in [-0.2, 0) is 4.79 Å². The summed E-state index contributed by atoms with van der Waals surface area (Å²) in [6, 6.07) is 0.0701. The minimum atomic E-state index is -0.229. The lowest BCUT2D eigenvalue weighted by Crippen LogP contribution is -2.45. The van der Waals surface area contributed by atoms with Gasteiger partial charge in [0.15, 0.2) is 5.78 Å². The van der Waals surface area contributed by atoms with Crippen LogP contribution in [0.3, 0.4) is 0 Å². The lowest BCUT2D eigenvalue weighted by molar-refractivity contribution is -0.129. The van der Waals surface area contributed by atoms with Crippen LogP contribution in [0.25, 0.3) is 0 Å². The molecule has 2 rings (SSSR count). The van der Waals surface area contributed by atoms with Crippen molar-refractivity contribution in [2.24, 2.45) is 23.2 Å². The van der Waals surface area contributed by atoms with Gasteiger partial charge in [0, 0.05) is 5.41 Å². The molecule has 0 saturated heterocycles. The molecule has 2 heteroatoms. The average Bonchev–Trinajstić information content (AvgIpc) is 2.45. The molecule has 2 saturated carbocycles. The number of carbonyl (C=O) groups is 1. The van der Waals surface area contributed by atoms with Crippen molar-refractivity contribution < 1.29 is 4.79 Å². The molecule has 0 aromatic rings. The van der Waals surface area contributed by atoms with E-state index in [1.165, 1.54) is 44.9 Å². The molecule has 0 radical (unpaired) electrons. The van der Waals surface area contributed by atoms with Crippen LogP contribution in [0, 0.1) is 23.2 Å². The highest BCUT2D eigenvalue weighted by molar-refractivity contribution is 5.88. The van der Waals surface area contributed by atoms with Gasteiger partial charge in [-0.2, -0.15) is 0 Å². The van der Waals surface area contributed by atoms with Crippen LogP contribution < -0.4 is 5.32 Å². The monoisotopic (exact) mass is 293 g/mol. The zero-order chi connectivity index (χ0) is 15.5. The third-order valence-corrected chi connectivity index (χ3v) is 5.77. The Bertz CT molecular complexity index is 342. The Kier molecular flexibility index (Phi) is 5.88. The summed E-state index contributed by atoms with van der Waals surface area (Å²) < 4.78 is 0. The van der Waals surface area contributed by atoms with E-state index in [4.69, 9.17) is 0 Å². The normalized spacial score (nSPS) is 31.5. The maximum absolute atomic E-state index is 12.7. The van der Waals surface area contributed by atoms with Gasteiger partial charge in [0.25, 0.3) is 0 Å². The van der Waals surface area contributed by atoms with E-state index in [1.807, 2.05) is 0 Å². The Balaban J connectivity index is 2.03. The highest BCUT2D eigenvalue weighted by Crippen LogP contribution is 2.45. The third kappa shape index (κ3) is 4.31. The molecule has 122 valence electrons. The number of fused-ring (bicyclic) bond motifs is 1. The van der Waals surface area contributed by atoms with Gasteiger partial charge in [0.1, 0.15) is 0 Å². The first kappa shape index (κ1) is 17.0. The first-order valence-electron chi connectivity index (χ1n) is 9.21. The van der Waals surface area contributed by atoms with E-state index in [2.05, 4.69) is 33.0 Å². The number of likely N-dealkylation sites (N-methyl/N-ethyl adjacent to an activating group) is 1. The molecular weight excluding hydrogens is 258 g/mol. The molecular formula is C19H35NO. The predicted octanol–water partition coefficient (Wildman–Crippen LogP) is 4.58. The summed E-state index contributed by atoms with van der Waals surface area (Å²) in [5, 5.41) is 3.48. The smallest absolute Gasteiger partial charge is 0.155 e. The topological polar surface area (TPSA) is 29.1 Å². The van der Waals surface area contributed by atoms with Crippen molar-refractivity contribution in [2.75, 3.05) is 6.54 Å². The van der Waals surface area contributed by atoms with Crippen molar-refractivity contribution in [3.63, 3.8) is 0 Å². The van der Waals surface area contributed by atoms with E-state index in [-0.39, 0.29) is 11.5 Å². The Hall–Kier alpha value is -0.370. The molecule has 1 N–H and O–H groups in total. The Morgan fingerprint density at radius 2 is 1.76 bits per heavy atom. The van der Waals surface area contributed by atoms with Crippen molar-refractivity contribution in [1.82, 2.24) is 5.32 Å². The Morgan fingerprint density at radius 1 is 1.10 bits per heavy atom. The van der Waals surface area contributed by atoms with E-state index < -0.39 is 0 Å². The number of Topliss-reactive ketones (excluding diaryl/α,β-unsaturated/α-hetero) is 1. The van der Waals surface area contributed by atoms with Crippen LogP contribution in [-0.4, -0.2) is 18.4 Å². The molecule has 0 heterocycles. The van der Waals surface area contributed by atoms with Crippen molar-refractivity contribution in [3.8, 4) is 0 Å². The van der Waals surface area contributed by atoms with Gasteiger partial charge < -0.3 is 5.32 Å². The molecule has 0 amide bonds. The molecule has 0 aromatic carbocycles. The van der Waals surface area contributed by atoms with E-state index >= 15 is 0 Å². The second-order valence-electron chi connectivity index (χ2n) is 8.36. The minimum absolute atomic E-state index is 0.0701. The van der Waals surface area contributed by atoms with Gasteiger partial charge in [-0.15, -0.1) is 0 Å². The lowest BCUT2D eigenvalue weighted by atomic mass is 9.63. The molecule has 2 aliphatic rings. The maximum atomic E-state index is 12.7. The lowest BCUT2D eigenvalue weighted by Gasteiger charge is -2.43. The second kappa shape index (κ2) is 7.26. The highest BCUT2D eigenvalue weighted by Gasteiger charge is 2.38. The van der Waals surface area contributed by atoms with Crippen molar-refractivity contribution in [1.29, 1.82) is 0 Å². The standard InChI is InChI=1S/C19H35NO/c1-5-20-17(18(21)19(2,3)4)13-15-11-8-10-14-9-6-7-12-16(14)15/h14-17,20H,5-13H2,1-4H3.